The first kappa shape index (κ1) is 14.0. The molecule has 1 rings (SSSR count). The molecule has 1 atom stereocenters. The van der Waals surface area contributed by atoms with Crippen LogP contribution >= 0.6 is 0 Å². The second kappa shape index (κ2) is 6.05. The Hall–Kier alpha value is -1.03. The van der Waals surface area contributed by atoms with E-state index >= 15 is 0 Å². The van der Waals surface area contributed by atoms with Gasteiger partial charge in [0.25, 0.3) is 0 Å². The summed E-state index contributed by atoms with van der Waals surface area (Å²) in [5, 5.41) is 0. The molecule has 0 aliphatic heterocycles. The number of benzene rings is 1. The lowest BCUT2D eigenvalue weighted by Gasteiger charge is -2.15. The molecule has 0 spiro atoms. The Morgan fingerprint density at radius 2 is 2.00 bits per heavy atom. The Morgan fingerprint density at radius 1 is 1.29 bits per heavy atom. The van der Waals surface area contributed by atoms with Crippen LogP contribution < -0.4 is 5.73 Å². The molecule has 0 saturated carbocycles. The lowest BCUT2D eigenvalue weighted by Crippen LogP contribution is -2.17. The molecule has 1 nitrogen and oxygen atoms in total. The molecule has 1 aromatic carbocycles. The molecule has 2 N–H and O–H groups in total. The highest BCUT2D eigenvalue weighted by Gasteiger charge is 2.30. The third-order valence-electron chi connectivity index (χ3n) is 2.81. The van der Waals surface area contributed by atoms with E-state index < -0.39 is 11.7 Å². The van der Waals surface area contributed by atoms with Crippen LogP contribution in [-0.4, -0.2) is 6.54 Å². The minimum absolute atomic E-state index is 0.267. The molecular weight excluding hydrogens is 227 g/mol. The maximum atomic E-state index is 12.5. The molecule has 0 aromatic heterocycles. The first-order valence-electron chi connectivity index (χ1n) is 5.83. The largest absolute Gasteiger partial charge is 0.416 e. The van der Waals surface area contributed by atoms with Gasteiger partial charge in [0.05, 0.1) is 5.56 Å². The number of halogens is 3. The van der Waals surface area contributed by atoms with Crippen LogP contribution in [-0.2, 0) is 12.6 Å². The predicted octanol–water partition coefficient (Wildman–Crippen LogP) is 3.62. The van der Waals surface area contributed by atoms with Gasteiger partial charge in [0, 0.05) is 0 Å². The quantitative estimate of drug-likeness (QED) is 0.842. The summed E-state index contributed by atoms with van der Waals surface area (Å²) in [4.78, 5) is 0. The molecular formula is C13H18F3N. The lowest BCUT2D eigenvalue weighted by molar-refractivity contribution is -0.137. The fraction of sp³-hybridized carbons (Fsp3) is 0.538. The Balaban J connectivity index is 2.78. The zero-order valence-electron chi connectivity index (χ0n) is 9.93. The SMILES string of the molecule is CCCC(CN)Cc1cccc(C(F)(F)F)c1. The monoisotopic (exact) mass is 245 g/mol. The van der Waals surface area contributed by atoms with Crippen LogP contribution in [0.25, 0.3) is 0 Å². The highest BCUT2D eigenvalue weighted by molar-refractivity contribution is 5.26. The summed E-state index contributed by atoms with van der Waals surface area (Å²) in [5.41, 5.74) is 5.74. The van der Waals surface area contributed by atoms with Crippen molar-refractivity contribution >= 4 is 0 Å². The van der Waals surface area contributed by atoms with Gasteiger partial charge < -0.3 is 5.73 Å². The molecule has 0 radical (unpaired) electrons. The first-order valence-corrected chi connectivity index (χ1v) is 5.83. The smallest absolute Gasteiger partial charge is 0.330 e. The van der Waals surface area contributed by atoms with E-state index in [1.54, 1.807) is 6.07 Å². The van der Waals surface area contributed by atoms with Crippen molar-refractivity contribution in [2.45, 2.75) is 32.4 Å². The van der Waals surface area contributed by atoms with Gasteiger partial charge in [-0.05, 0) is 36.9 Å². The van der Waals surface area contributed by atoms with Crippen molar-refractivity contribution in [1.82, 2.24) is 0 Å². The summed E-state index contributed by atoms with van der Waals surface area (Å²) in [6, 6.07) is 5.50. The van der Waals surface area contributed by atoms with Gasteiger partial charge in [-0.25, -0.2) is 0 Å². The van der Waals surface area contributed by atoms with E-state index in [4.69, 9.17) is 5.73 Å². The van der Waals surface area contributed by atoms with Gasteiger partial charge in [-0.2, -0.15) is 13.2 Å². The van der Waals surface area contributed by atoms with Gasteiger partial charge in [0.1, 0.15) is 0 Å². The average Bonchev–Trinajstić information content (AvgIpc) is 2.28. The van der Waals surface area contributed by atoms with Crippen LogP contribution in [0.5, 0.6) is 0 Å². The topological polar surface area (TPSA) is 26.0 Å². The van der Waals surface area contributed by atoms with Crippen LogP contribution in [0.1, 0.15) is 30.9 Å². The van der Waals surface area contributed by atoms with E-state index in [0.717, 1.165) is 18.9 Å². The van der Waals surface area contributed by atoms with Crippen molar-refractivity contribution in [3.05, 3.63) is 35.4 Å². The van der Waals surface area contributed by atoms with Crippen molar-refractivity contribution in [2.75, 3.05) is 6.54 Å². The van der Waals surface area contributed by atoms with E-state index in [1.807, 2.05) is 0 Å². The van der Waals surface area contributed by atoms with Gasteiger partial charge >= 0.3 is 6.18 Å². The molecule has 17 heavy (non-hydrogen) atoms. The standard InChI is InChI=1S/C13H18F3N/c1-2-4-11(9-17)7-10-5-3-6-12(8-10)13(14,15)16/h3,5-6,8,11H,2,4,7,9,17H2,1H3. The van der Waals surface area contributed by atoms with E-state index in [-0.39, 0.29) is 5.92 Å². The third-order valence-corrected chi connectivity index (χ3v) is 2.81. The Labute approximate surface area is 99.8 Å². The molecule has 0 heterocycles. The van der Waals surface area contributed by atoms with Crippen molar-refractivity contribution in [2.24, 2.45) is 11.7 Å². The first-order chi connectivity index (χ1) is 7.97. The second-order valence-electron chi connectivity index (χ2n) is 4.29. The lowest BCUT2D eigenvalue weighted by atomic mass is 9.94. The third kappa shape index (κ3) is 4.38. The fourth-order valence-electron chi connectivity index (χ4n) is 1.92. The van der Waals surface area contributed by atoms with Crippen molar-refractivity contribution in [3.8, 4) is 0 Å². The van der Waals surface area contributed by atoms with Crippen molar-refractivity contribution in [3.63, 3.8) is 0 Å². The van der Waals surface area contributed by atoms with Crippen molar-refractivity contribution < 1.29 is 13.2 Å². The summed E-state index contributed by atoms with van der Waals surface area (Å²) >= 11 is 0. The van der Waals surface area contributed by atoms with Crippen LogP contribution in [0.4, 0.5) is 13.2 Å². The van der Waals surface area contributed by atoms with E-state index in [9.17, 15) is 13.2 Å². The number of rotatable bonds is 5. The highest BCUT2D eigenvalue weighted by Crippen LogP contribution is 2.30. The molecule has 0 fully saturated rings. The molecule has 96 valence electrons. The average molecular weight is 245 g/mol. The molecule has 4 heteroatoms. The van der Waals surface area contributed by atoms with Crippen LogP contribution in [0.15, 0.2) is 24.3 Å². The molecule has 0 aliphatic rings. The Bertz CT molecular complexity index is 347. The molecule has 0 bridgehead atoms. The van der Waals surface area contributed by atoms with Crippen LogP contribution in [0.3, 0.4) is 0 Å². The number of alkyl halides is 3. The van der Waals surface area contributed by atoms with Crippen molar-refractivity contribution in [1.29, 1.82) is 0 Å². The fourth-order valence-corrected chi connectivity index (χ4v) is 1.92. The summed E-state index contributed by atoms with van der Waals surface area (Å²) in [6.07, 6.45) is -1.69. The normalized spacial score (nSPS) is 13.7. The zero-order valence-corrected chi connectivity index (χ0v) is 9.93. The maximum Gasteiger partial charge on any atom is 0.416 e. The minimum Gasteiger partial charge on any atom is -0.330 e. The minimum atomic E-state index is -4.26. The van der Waals surface area contributed by atoms with Gasteiger partial charge in [-0.1, -0.05) is 31.5 Å². The van der Waals surface area contributed by atoms with Gasteiger partial charge in [0.15, 0.2) is 0 Å². The van der Waals surface area contributed by atoms with Gasteiger partial charge in [-0.15, -0.1) is 0 Å². The maximum absolute atomic E-state index is 12.5. The van der Waals surface area contributed by atoms with E-state index in [2.05, 4.69) is 6.92 Å². The Morgan fingerprint density at radius 3 is 2.53 bits per heavy atom. The molecule has 0 amide bonds. The van der Waals surface area contributed by atoms with Gasteiger partial charge in [-0.3, -0.25) is 0 Å². The number of hydrogen-bond acceptors (Lipinski definition) is 1. The summed E-state index contributed by atoms with van der Waals surface area (Å²) in [5.74, 6) is 0.267. The second-order valence-corrected chi connectivity index (χ2v) is 4.29. The predicted molar refractivity (Wildman–Crippen MR) is 62.6 cm³/mol. The molecule has 0 aliphatic carbocycles. The summed E-state index contributed by atoms with van der Waals surface area (Å²) < 4.78 is 37.5. The molecule has 1 unspecified atom stereocenters. The van der Waals surface area contributed by atoms with Crippen LogP contribution in [0, 0.1) is 5.92 Å². The van der Waals surface area contributed by atoms with Gasteiger partial charge in [0.2, 0.25) is 0 Å². The molecule has 1 aromatic rings. The summed E-state index contributed by atoms with van der Waals surface area (Å²) in [7, 11) is 0. The number of nitrogens with two attached hydrogens (primary N) is 1. The highest BCUT2D eigenvalue weighted by atomic mass is 19.4. The zero-order chi connectivity index (χ0) is 12.9. The van der Waals surface area contributed by atoms with Crippen LogP contribution in [0.2, 0.25) is 0 Å². The number of hydrogen-bond donors (Lipinski definition) is 1. The Kier molecular flexibility index (Phi) is 5.00. The van der Waals surface area contributed by atoms with E-state index in [1.165, 1.54) is 12.1 Å². The van der Waals surface area contributed by atoms with E-state index in [0.29, 0.717) is 18.5 Å². The summed E-state index contributed by atoms with van der Waals surface area (Å²) in [6.45, 7) is 2.57. The molecule has 0 saturated heterocycles.